The van der Waals surface area contributed by atoms with Gasteiger partial charge in [0.25, 0.3) is 0 Å². The van der Waals surface area contributed by atoms with Gasteiger partial charge in [0, 0.05) is 62.5 Å². The van der Waals surface area contributed by atoms with Crippen LogP contribution >= 0.6 is 0 Å². The lowest BCUT2D eigenvalue weighted by atomic mass is 9.73. The zero-order chi connectivity index (χ0) is 27.6. The third kappa shape index (κ3) is 5.49. The summed E-state index contributed by atoms with van der Waals surface area (Å²) < 4.78 is 10.8. The quantitative estimate of drug-likeness (QED) is 0.305. The molecule has 0 spiro atoms. The van der Waals surface area contributed by atoms with E-state index in [4.69, 9.17) is 20.7 Å². The van der Waals surface area contributed by atoms with Crippen molar-refractivity contribution in [1.82, 2.24) is 9.80 Å². The van der Waals surface area contributed by atoms with Gasteiger partial charge in [-0.1, -0.05) is 25.9 Å². The van der Waals surface area contributed by atoms with Crippen LogP contribution in [0.4, 0.5) is 5.69 Å². The van der Waals surface area contributed by atoms with Crippen molar-refractivity contribution in [3.05, 3.63) is 39.8 Å². The second-order valence-electron chi connectivity index (χ2n) is 11.2. The summed E-state index contributed by atoms with van der Waals surface area (Å²) in [5, 5.41) is 3.79. The number of ether oxygens (including phenoxy) is 2. The topological polar surface area (TPSA) is 154 Å². The number of nitrogens with two attached hydrogens (primary N) is 1. The summed E-state index contributed by atoms with van der Waals surface area (Å²) >= 11 is 0. The highest BCUT2D eigenvalue weighted by atomic mass is 16.5. The van der Waals surface area contributed by atoms with E-state index in [1.165, 1.54) is 4.90 Å². The van der Waals surface area contributed by atoms with Gasteiger partial charge in [-0.15, -0.1) is 0 Å². The minimum atomic E-state index is -0.816. The normalized spacial score (nSPS) is 24.7. The molecule has 4 atom stereocenters. The van der Waals surface area contributed by atoms with Gasteiger partial charge in [0.2, 0.25) is 11.8 Å². The number of carbonyl (C=O) groups is 3. The number of methoxy groups -OCH3 is 1. The molecule has 0 saturated carbocycles. The van der Waals surface area contributed by atoms with Gasteiger partial charge in [-0.05, 0) is 34.7 Å². The first kappa shape index (κ1) is 27.8. The molecular formula is C26H37N7O5. The number of likely N-dealkylation sites (tertiary alicyclic amines) is 1. The summed E-state index contributed by atoms with van der Waals surface area (Å²) in [6.07, 6.45) is -0.667. The fraction of sp³-hybridized carbons (Fsp3) is 0.654. The summed E-state index contributed by atoms with van der Waals surface area (Å²) in [5.74, 6) is -1.93. The lowest BCUT2D eigenvalue weighted by Gasteiger charge is -2.38. The monoisotopic (exact) mass is 527 g/mol. The van der Waals surface area contributed by atoms with Crippen LogP contribution < -0.4 is 10.6 Å². The van der Waals surface area contributed by atoms with E-state index in [2.05, 4.69) is 19.8 Å². The minimum Gasteiger partial charge on any atom is -0.383 e. The maximum Gasteiger partial charge on any atom is 0.249 e. The van der Waals surface area contributed by atoms with Crippen LogP contribution in [0.15, 0.2) is 23.3 Å². The fourth-order valence-corrected chi connectivity index (χ4v) is 5.82. The average Bonchev–Trinajstić information content (AvgIpc) is 3.43. The highest BCUT2D eigenvalue weighted by Gasteiger charge is 2.54. The van der Waals surface area contributed by atoms with Gasteiger partial charge in [-0.3, -0.25) is 19.3 Å². The summed E-state index contributed by atoms with van der Waals surface area (Å²) in [6.45, 7) is 10.6. The molecule has 3 aliphatic heterocycles. The van der Waals surface area contributed by atoms with Gasteiger partial charge in [0.1, 0.15) is 12.6 Å². The van der Waals surface area contributed by atoms with E-state index < -0.39 is 35.4 Å². The maximum atomic E-state index is 14.2. The molecule has 3 aliphatic rings. The number of primary amides is 1. The molecule has 1 aromatic carbocycles. The molecule has 0 radical (unpaired) electrons. The van der Waals surface area contributed by atoms with Gasteiger partial charge in [-0.25, -0.2) is 0 Å². The molecular weight excluding hydrogens is 490 g/mol. The molecule has 0 unspecified atom stereocenters. The van der Waals surface area contributed by atoms with Gasteiger partial charge >= 0.3 is 0 Å². The molecule has 3 saturated heterocycles. The molecule has 0 aliphatic carbocycles. The van der Waals surface area contributed by atoms with Crippen molar-refractivity contribution in [3.63, 3.8) is 0 Å². The Balaban J connectivity index is 1.68. The number of piperazine rings is 1. The number of benzene rings is 1. The minimum absolute atomic E-state index is 0.0750. The summed E-state index contributed by atoms with van der Waals surface area (Å²) in [7, 11) is 1.69. The van der Waals surface area contributed by atoms with Gasteiger partial charge in [0.05, 0.1) is 24.7 Å². The molecule has 4 rings (SSSR count). The molecule has 3 heterocycles. The van der Waals surface area contributed by atoms with Crippen LogP contribution in [0.1, 0.15) is 42.6 Å². The van der Waals surface area contributed by atoms with E-state index in [0.29, 0.717) is 12.2 Å². The Hall–Kier alpha value is -3.18. The molecule has 1 aromatic rings. The Labute approximate surface area is 222 Å². The zero-order valence-electron chi connectivity index (χ0n) is 22.5. The Morgan fingerprint density at radius 1 is 1.26 bits per heavy atom. The smallest absolute Gasteiger partial charge is 0.249 e. The summed E-state index contributed by atoms with van der Waals surface area (Å²) in [4.78, 5) is 48.4. The SMILES string of the molecule is COCCN1CCN(c2ccc(C(N)=O)c([C@@H](C(=O)N3C[C@@H](N=[N+]=[N-])[C@H]4OCC(=O)[C@H]43)C(C)(C)C)c2)CC1. The van der Waals surface area contributed by atoms with Crippen LogP contribution in [-0.2, 0) is 19.1 Å². The van der Waals surface area contributed by atoms with Crippen molar-refractivity contribution in [2.75, 3.05) is 64.5 Å². The fourth-order valence-electron chi connectivity index (χ4n) is 5.82. The number of fused-ring (bicyclic) bond motifs is 1. The Bertz CT molecular complexity index is 1120. The molecule has 12 heteroatoms. The first-order valence-corrected chi connectivity index (χ1v) is 13.0. The molecule has 2 N–H and O–H groups in total. The van der Waals surface area contributed by atoms with Crippen LogP contribution in [0.25, 0.3) is 10.4 Å². The maximum absolute atomic E-state index is 14.2. The van der Waals surface area contributed by atoms with E-state index >= 15 is 0 Å². The number of ketones is 1. The average molecular weight is 528 g/mol. The second kappa shape index (κ2) is 11.3. The van der Waals surface area contributed by atoms with Crippen molar-refractivity contribution >= 4 is 23.3 Å². The third-order valence-corrected chi connectivity index (χ3v) is 7.71. The standard InChI is InChI=1S/C26H37N7O5/c1-26(2,3)21(25(36)33-14-19(29-30-28)23-22(33)20(34)15-38-23)18-13-16(5-6-17(18)24(27)35)32-9-7-31(8-10-32)11-12-37-4/h5-6,13,19,21-23H,7-12,14-15H2,1-4H3,(H2,27,35)/t19-,21+,22-,23-/m1/s1. The van der Waals surface area contributed by atoms with E-state index in [9.17, 15) is 14.4 Å². The van der Waals surface area contributed by atoms with Crippen molar-refractivity contribution in [2.24, 2.45) is 16.3 Å². The van der Waals surface area contributed by atoms with E-state index in [1.54, 1.807) is 13.2 Å². The van der Waals surface area contributed by atoms with Crippen molar-refractivity contribution in [3.8, 4) is 0 Å². The van der Waals surface area contributed by atoms with Crippen molar-refractivity contribution in [1.29, 1.82) is 0 Å². The van der Waals surface area contributed by atoms with Gasteiger partial charge in [-0.2, -0.15) is 0 Å². The van der Waals surface area contributed by atoms with E-state index in [0.717, 1.165) is 38.4 Å². The predicted octanol–water partition coefficient (Wildman–Crippen LogP) is 1.54. The largest absolute Gasteiger partial charge is 0.383 e. The van der Waals surface area contributed by atoms with Crippen molar-refractivity contribution < 1.29 is 23.9 Å². The second-order valence-corrected chi connectivity index (χ2v) is 11.2. The van der Waals surface area contributed by atoms with Crippen LogP contribution in [0.5, 0.6) is 0 Å². The molecule has 0 bridgehead atoms. The van der Waals surface area contributed by atoms with Crippen LogP contribution in [0, 0.1) is 5.41 Å². The lowest BCUT2D eigenvalue weighted by Crippen LogP contribution is -2.48. The van der Waals surface area contributed by atoms with Gasteiger partial charge in [0.15, 0.2) is 5.78 Å². The summed E-state index contributed by atoms with van der Waals surface area (Å²) in [5.41, 5.74) is 15.9. The first-order valence-electron chi connectivity index (χ1n) is 13.0. The molecule has 3 fully saturated rings. The summed E-state index contributed by atoms with van der Waals surface area (Å²) in [6, 6.07) is 3.98. The highest BCUT2D eigenvalue weighted by Crippen LogP contribution is 2.42. The number of amides is 2. The van der Waals surface area contributed by atoms with Crippen LogP contribution in [0.2, 0.25) is 0 Å². The number of hydrogen-bond donors (Lipinski definition) is 1. The van der Waals surface area contributed by atoms with Crippen LogP contribution in [0.3, 0.4) is 0 Å². The molecule has 0 aromatic heterocycles. The Morgan fingerprint density at radius 2 is 1.97 bits per heavy atom. The Kier molecular flexibility index (Phi) is 8.27. The number of hydrogen-bond acceptors (Lipinski definition) is 8. The lowest BCUT2D eigenvalue weighted by molar-refractivity contribution is -0.139. The third-order valence-electron chi connectivity index (χ3n) is 7.71. The molecule has 206 valence electrons. The number of nitrogens with zero attached hydrogens (tertiary/aromatic N) is 6. The Morgan fingerprint density at radius 3 is 2.58 bits per heavy atom. The number of rotatable bonds is 8. The zero-order valence-corrected chi connectivity index (χ0v) is 22.5. The highest BCUT2D eigenvalue weighted by molar-refractivity contribution is 5.99. The predicted molar refractivity (Wildman–Crippen MR) is 141 cm³/mol. The number of Topliss-reactive ketones (excluding diaryl/α,β-unsaturated/α-hetero) is 1. The molecule has 2 amide bonds. The van der Waals surface area contributed by atoms with E-state index in [1.807, 2.05) is 32.9 Å². The number of azide groups is 1. The van der Waals surface area contributed by atoms with Crippen molar-refractivity contribution in [2.45, 2.75) is 44.9 Å². The van der Waals surface area contributed by atoms with Crippen LogP contribution in [-0.4, -0.2) is 105 Å². The van der Waals surface area contributed by atoms with E-state index in [-0.39, 0.29) is 30.4 Å². The van der Waals surface area contributed by atoms with Gasteiger partial charge < -0.3 is 25.0 Å². The number of carbonyl (C=O) groups excluding carboxylic acids is 3. The molecule has 12 nitrogen and oxygen atoms in total. The first-order chi connectivity index (χ1) is 18.1. The molecule has 38 heavy (non-hydrogen) atoms. The number of anilines is 1.